The number of pyridine rings is 1. The molecule has 0 fully saturated rings. The van der Waals surface area contributed by atoms with E-state index in [0.29, 0.717) is 25.3 Å². The second-order valence-electron chi connectivity index (χ2n) is 3.66. The molecule has 1 amide bonds. The first-order chi connectivity index (χ1) is 8.17. The van der Waals surface area contributed by atoms with Crippen molar-refractivity contribution in [2.24, 2.45) is 0 Å². The number of hydrogen-bond acceptors (Lipinski definition) is 4. The SMILES string of the molecule is CCNC(=O)CCNc1cc(C)ncc1OC. The molecule has 1 rings (SSSR count). The molecule has 2 N–H and O–H groups in total. The first-order valence-electron chi connectivity index (χ1n) is 5.68. The molecule has 5 nitrogen and oxygen atoms in total. The van der Waals surface area contributed by atoms with E-state index in [1.807, 2.05) is 19.9 Å². The van der Waals surface area contributed by atoms with Gasteiger partial charge in [0.1, 0.15) is 0 Å². The monoisotopic (exact) mass is 237 g/mol. The van der Waals surface area contributed by atoms with Crippen molar-refractivity contribution in [3.8, 4) is 5.75 Å². The van der Waals surface area contributed by atoms with Crippen molar-refractivity contribution in [3.05, 3.63) is 18.0 Å². The van der Waals surface area contributed by atoms with E-state index in [-0.39, 0.29) is 5.91 Å². The minimum atomic E-state index is 0.0461. The number of rotatable bonds is 6. The highest BCUT2D eigenvalue weighted by molar-refractivity contribution is 5.76. The summed E-state index contributed by atoms with van der Waals surface area (Å²) in [7, 11) is 1.60. The molecule has 0 atom stereocenters. The number of anilines is 1. The van der Waals surface area contributed by atoms with Crippen molar-refractivity contribution in [2.75, 3.05) is 25.5 Å². The van der Waals surface area contributed by atoms with Crippen LogP contribution >= 0.6 is 0 Å². The summed E-state index contributed by atoms with van der Waals surface area (Å²) in [4.78, 5) is 15.4. The Hall–Kier alpha value is -1.78. The number of carbonyl (C=O) groups is 1. The molecule has 0 aliphatic carbocycles. The van der Waals surface area contributed by atoms with Crippen LogP contribution in [-0.2, 0) is 4.79 Å². The molecule has 0 saturated heterocycles. The highest BCUT2D eigenvalue weighted by atomic mass is 16.5. The number of carbonyl (C=O) groups excluding carboxylic acids is 1. The van der Waals surface area contributed by atoms with Crippen LogP contribution in [0.15, 0.2) is 12.3 Å². The lowest BCUT2D eigenvalue weighted by atomic mass is 10.3. The first kappa shape index (κ1) is 13.3. The van der Waals surface area contributed by atoms with Gasteiger partial charge >= 0.3 is 0 Å². The smallest absolute Gasteiger partial charge is 0.221 e. The minimum Gasteiger partial charge on any atom is -0.493 e. The predicted octanol–water partition coefficient (Wildman–Crippen LogP) is 1.34. The molecule has 0 aliphatic heterocycles. The van der Waals surface area contributed by atoms with Gasteiger partial charge < -0.3 is 15.4 Å². The number of methoxy groups -OCH3 is 1. The number of aromatic nitrogens is 1. The third-order valence-electron chi connectivity index (χ3n) is 2.27. The van der Waals surface area contributed by atoms with Gasteiger partial charge in [-0.15, -0.1) is 0 Å². The summed E-state index contributed by atoms with van der Waals surface area (Å²) in [6.45, 7) is 5.05. The Kier molecular flexibility index (Phi) is 5.26. The van der Waals surface area contributed by atoms with Crippen LogP contribution in [0.1, 0.15) is 19.0 Å². The summed E-state index contributed by atoms with van der Waals surface area (Å²) in [5, 5.41) is 5.92. The lowest BCUT2D eigenvalue weighted by molar-refractivity contribution is -0.120. The molecule has 1 aromatic heterocycles. The quantitative estimate of drug-likeness (QED) is 0.783. The van der Waals surface area contributed by atoms with E-state index < -0.39 is 0 Å². The Labute approximate surface area is 102 Å². The van der Waals surface area contributed by atoms with Crippen LogP contribution in [0.4, 0.5) is 5.69 Å². The van der Waals surface area contributed by atoms with Gasteiger partial charge in [-0.1, -0.05) is 0 Å². The Bertz CT molecular complexity index is 380. The summed E-state index contributed by atoms with van der Waals surface area (Å²) < 4.78 is 5.18. The van der Waals surface area contributed by atoms with Crippen molar-refractivity contribution >= 4 is 11.6 Å². The van der Waals surface area contributed by atoms with Crippen molar-refractivity contribution in [1.82, 2.24) is 10.3 Å². The topological polar surface area (TPSA) is 63.2 Å². The van der Waals surface area contributed by atoms with E-state index >= 15 is 0 Å². The fraction of sp³-hybridized carbons (Fsp3) is 0.500. The number of hydrogen-bond donors (Lipinski definition) is 2. The lowest BCUT2D eigenvalue weighted by Gasteiger charge is -2.11. The van der Waals surface area contributed by atoms with Crippen LogP contribution < -0.4 is 15.4 Å². The van der Waals surface area contributed by atoms with Gasteiger partial charge in [-0.3, -0.25) is 9.78 Å². The third kappa shape index (κ3) is 4.30. The molecule has 5 heteroatoms. The highest BCUT2D eigenvalue weighted by Crippen LogP contribution is 2.23. The van der Waals surface area contributed by atoms with Gasteiger partial charge in [-0.2, -0.15) is 0 Å². The van der Waals surface area contributed by atoms with E-state index in [0.717, 1.165) is 11.4 Å². The molecule has 1 heterocycles. The van der Waals surface area contributed by atoms with Crippen LogP contribution in [0.2, 0.25) is 0 Å². The highest BCUT2D eigenvalue weighted by Gasteiger charge is 2.04. The van der Waals surface area contributed by atoms with Crippen molar-refractivity contribution in [3.63, 3.8) is 0 Å². The van der Waals surface area contributed by atoms with Gasteiger partial charge in [0.25, 0.3) is 0 Å². The molecule has 0 bridgehead atoms. The summed E-state index contributed by atoms with van der Waals surface area (Å²) in [5.41, 5.74) is 1.77. The van der Waals surface area contributed by atoms with Crippen LogP contribution in [0.25, 0.3) is 0 Å². The van der Waals surface area contributed by atoms with Gasteiger partial charge in [0.05, 0.1) is 19.0 Å². The maximum absolute atomic E-state index is 11.3. The average molecular weight is 237 g/mol. The van der Waals surface area contributed by atoms with Gasteiger partial charge in [-0.05, 0) is 19.9 Å². The van der Waals surface area contributed by atoms with E-state index in [1.54, 1.807) is 13.3 Å². The second kappa shape index (κ2) is 6.73. The normalized spacial score (nSPS) is 9.82. The zero-order valence-electron chi connectivity index (χ0n) is 10.5. The molecule has 1 aromatic rings. The van der Waals surface area contributed by atoms with Gasteiger partial charge in [0.15, 0.2) is 5.75 Å². The van der Waals surface area contributed by atoms with Crippen molar-refractivity contribution in [2.45, 2.75) is 20.3 Å². The second-order valence-corrected chi connectivity index (χ2v) is 3.66. The largest absolute Gasteiger partial charge is 0.493 e. The summed E-state index contributed by atoms with van der Waals surface area (Å²) >= 11 is 0. The zero-order chi connectivity index (χ0) is 12.7. The number of ether oxygens (including phenoxy) is 1. The summed E-state index contributed by atoms with van der Waals surface area (Å²) in [6.07, 6.45) is 2.11. The van der Waals surface area contributed by atoms with Crippen LogP contribution in [0.3, 0.4) is 0 Å². The fourth-order valence-corrected chi connectivity index (χ4v) is 1.44. The lowest BCUT2D eigenvalue weighted by Crippen LogP contribution is -2.24. The van der Waals surface area contributed by atoms with E-state index in [9.17, 15) is 4.79 Å². The number of amides is 1. The van der Waals surface area contributed by atoms with Crippen molar-refractivity contribution in [1.29, 1.82) is 0 Å². The van der Waals surface area contributed by atoms with Gasteiger partial charge in [0, 0.05) is 25.2 Å². The molecule has 0 spiro atoms. The molecule has 0 aromatic carbocycles. The molecule has 0 unspecified atom stereocenters. The summed E-state index contributed by atoms with van der Waals surface area (Å²) in [5.74, 6) is 0.733. The van der Waals surface area contributed by atoms with Gasteiger partial charge in [-0.25, -0.2) is 0 Å². The molecule has 94 valence electrons. The number of aryl methyl sites for hydroxylation is 1. The molecular formula is C12H19N3O2. The zero-order valence-corrected chi connectivity index (χ0v) is 10.5. The number of nitrogens with one attached hydrogen (secondary N) is 2. The Morgan fingerprint density at radius 1 is 1.53 bits per heavy atom. The molecule has 0 saturated carbocycles. The minimum absolute atomic E-state index is 0.0461. The predicted molar refractivity (Wildman–Crippen MR) is 67.3 cm³/mol. The Balaban J connectivity index is 2.50. The maximum atomic E-state index is 11.3. The molecule has 0 radical (unpaired) electrons. The summed E-state index contributed by atoms with van der Waals surface area (Å²) in [6, 6.07) is 1.90. The maximum Gasteiger partial charge on any atom is 0.221 e. The molecular weight excluding hydrogens is 218 g/mol. The Morgan fingerprint density at radius 2 is 2.29 bits per heavy atom. The third-order valence-corrected chi connectivity index (χ3v) is 2.27. The standard InChI is InChI=1S/C12H19N3O2/c1-4-13-12(16)5-6-14-10-7-9(2)15-8-11(10)17-3/h7-8H,4-6H2,1-3H3,(H,13,16)(H,14,15). The van der Waals surface area contributed by atoms with Crippen LogP contribution in [-0.4, -0.2) is 31.1 Å². The Morgan fingerprint density at radius 3 is 2.94 bits per heavy atom. The average Bonchev–Trinajstić information content (AvgIpc) is 2.30. The van der Waals surface area contributed by atoms with E-state index in [1.165, 1.54) is 0 Å². The molecule has 0 aliphatic rings. The molecule has 17 heavy (non-hydrogen) atoms. The number of nitrogens with zero attached hydrogens (tertiary/aromatic N) is 1. The van der Waals surface area contributed by atoms with Gasteiger partial charge in [0.2, 0.25) is 5.91 Å². The van der Waals surface area contributed by atoms with Crippen molar-refractivity contribution < 1.29 is 9.53 Å². The van der Waals surface area contributed by atoms with E-state index in [2.05, 4.69) is 15.6 Å². The van der Waals surface area contributed by atoms with Crippen LogP contribution in [0.5, 0.6) is 5.75 Å². The fourth-order valence-electron chi connectivity index (χ4n) is 1.44. The van der Waals surface area contributed by atoms with E-state index in [4.69, 9.17) is 4.74 Å². The first-order valence-corrected chi connectivity index (χ1v) is 5.68. The van der Waals surface area contributed by atoms with Crippen LogP contribution in [0, 0.1) is 6.92 Å².